The summed E-state index contributed by atoms with van der Waals surface area (Å²) in [5.74, 6) is 0.0735. The second-order valence-electron chi connectivity index (χ2n) is 10.4. The third-order valence-electron chi connectivity index (χ3n) is 7.21. The Balaban J connectivity index is 1.59. The largest absolute Gasteiger partial charge is 0.387 e. The zero-order chi connectivity index (χ0) is 25.0. The second kappa shape index (κ2) is 19.5. The molecule has 1 heterocycles. The zero-order valence-corrected chi connectivity index (χ0v) is 22.4. The van der Waals surface area contributed by atoms with E-state index in [1.165, 1.54) is 83.5 Å². The van der Waals surface area contributed by atoms with E-state index in [1.807, 2.05) is 42.5 Å². The minimum Gasteiger partial charge on any atom is -0.387 e. The molecule has 2 N–H and O–H groups in total. The fourth-order valence-electron chi connectivity index (χ4n) is 4.97. The average molecular weight is 485 g/mol. The summed E-state index contributed by atoms with van der Waals surface area (Å²) in [6.07, 6.45) is 23.0. The molecule has 1 aromatic carbocycles. The van der Waals surface area contributed by atoms with Gasteiger partial charge in [-0.25, -0.2) is 0 Å². The van der Waals surface area contributed by atoms with Crippen LogP contribution in [0.5, 0.6) is 0 Å². The van der Waals surface area contributed by atoms with Crippen LogP contribution in [0.3, 0.4) is 0 Å². The monoisotopic (exact) mass is 484 g/mol. The lowest BCUT2D eigenvalue weighted by Crippen LogP contribution is -2.49. The molecule has 35 heavy (non-hydrogen) atoms. The SMILES string of the molecule is CCCCCCCCCCCCCCCC(=O)NC(CN1CCCC1)[C@H](O)/C=C/c1ccccc1. The van der Waals surface area contributed by atoms with Crippen LogP contribution in [0, 0.1) is 0 Å². The van der Waals surface area contributed by atoms with Gasteiger partial charge in [0.1, 0.15) is 0 Å². The number of likely N-dealkylation sites (tertiary alicyclic amines) is 1. The number of aliphatic hydroxyl groups excluding tert-OH is 1. The molecule has 4 heteroatoms. The highest BCUT2D eigenvalue weighted by Crippen LogP contribution is 2.14. The maximum Gasteiger partial charge on any atom is 0.220 e. The molecule has 0 radical (unpaired) electrons. The maximum atomic E-state index is 12.6. The second-order valence-corrected chi connectivity index (χ2v) is 10.4. The lowest BCUT2D eigenvalue weighted by Gasteiger charge is -2.27. The van der Waals surface area contributed by atoms with E-state index in [9.17, 15) is 9.90 Å². The van der Waals surface area contributed by atoms with Crippen LogP contribution in [0.1, 0.15) is 115 Å². The molecule has 1 saturated heterocycles. The first-order valence-electron chi connectivity index (χ1n) is 14.6. The topological polar surface area (TPSA) is 52.6 Å². The van der Waals surface area contributed by atoms with E-state index < -0.39 is 6.10 Å². The number of hydrogen-bond donors (Lipinski definition) is 2. The van der Waals surface area contributed by atoms with Crippen molar-refractivity contribution in [3.63, 3.8) is 0 Å². The molecular formula is C31H52N2O2. The first kappa shape index (κ1) is 29.6. The van der Waals surface area contributed by atoms with Gasteiger partial charge in [0.25, 0.3) is 0 Å². The highest BCUT2D eigenvalue weighted by molar-refractivity contribution is 5.76. The predicted molar refractivity (Wildman–Crippen MR) is 149 cm³/mol. The first-order valence-corrected chi connectivity index (χ1v) is 14.6. The Morgan fingerprint density at radius 3 is 2.00 bits per heavy atom. The normalized spacial score (nSPS) is 16.1. The van der Waals surface area contributed by atoms with E-state index in [0.29, 0.717) is 13.0 Å². The van der Waals surface area contributed by atoms with Crippen LogP contribution in [0.15, 0.2) is 36.4 Å². The molecule has 0 spiro atoms. The van der Waals surface area contributed by atoms with Gasteiger partial charge >= 0.3 is 0 Å². The molecule has 0 aromatic heterocycles. The lowest BCUT2D eigenvalue weighted by atomic mass is 10.0. The smallest absolute Gasteiger partial charge is 0.220 e. The summed E-state index contributed by atoms with van der Waals surface area (Å²) in [6.45, 7) is 5.10. The molecule has 198 valence electrons. The summed E-state index contributed by atoms with van der Waals surface area (Å²) in [6, 6.07) is 9.75. The van der Waals surface area contributed by atoms with Gasteiger partial charge in [-0.15, -0.1) is 0 Å². The molecule has 1 aliphatic heterocycles. The number of hydrogen-bond acceptors (Lipinski definition) is 3. The highest BCUT2D eigenvalue weighted by atomic mass is 16.3. The number of aliphatic hydroxyl groups is 1. The van der Waals surface area contributed by atoms with Gasteiger partial charge in [0.15, 0.2) is 0 Å². The number of carbonyl (C=O) groups is 1. The van der Waals surface area contributed by atoms with Crippen LogP contribution in [-0.4, -0.2) is 47.7 Å². The Bertz CT molecular complexity index is 670. The molecule has 0 bridgehead atoms. The number of nitrogens with one attached hydrogen (secondary N) is 1. The van der Waals surface area contributed by atoms with Gasteiger partial charge in [-0.3, -0.25) is 4.79 Å². The van der Waals surface area contributed by atoms with Gasteiger partial charge in [-0.2, -0.15) is 0 Å². The third-order valence-corrected chi connectivity index (χ3v) is 7.21. The molecular weight excluding hydrogens is 432 g/mol. The molecule has 1 unspecified atom stereocenters. The Kier molecular flexibility index (Phi) is 16.5. The van der Waals surface area contributed by atoms with Crippen molar-refractivity contribution < 1.29 is 9.90 Å². The van der Waals surface area contributed by atoms with Crippen molar-refractivity contribution >= 4 is 12.0 Å². The van der Waals surface area contributed by atoms with E-state index in [0.717, 1.165) is 31.5 Å². The number of nitrogens with zero attached hydrogens (tertiary/aromatic N) is 1. The summed E-state index contributed by atoms with van der Waals surface area (Å²) < 4.78 is 0. The number of benzene rings is 1. The van der Waals surface area contributed by atoms with Crippen molar-refractivity contribution in [2.24, 2.45) is 0 Å². The Morgan fingerprint density at radius 1 is 0.886 bits per heavy atom. The van der Waals surface area contributed by atoms with Gasteiger partial charge < -0.3 is 15.3 Å². The van der Waals surface area contributed by atoms with Gasteiger partial charge in [0, 0.05) is 13.0 Å². The fourth-order valence-corrected chi connectivity index (χ4v) is 4.97. The van der Waals surface area contributed by atoms with Crippen molar-refractivity contribution in [1.29, 1.82) is 0 Å². The lowest BCUT2D eigenvalue weighted by molar-refractivity contribution is -0.122. The van der Waals surface area contributed by atoms with Crippen molar-refractivity contribution in [3.05, 3.63) is 42.0 Å². The molecule has 1 aliphatic rings. The van der Waals surface area contributed by atoms with Crippen LogP contribution in [0.2, 0.25) is 0 Å². The van der Waals surface area contributed by atoms with Gasteiger partial charge in [0.2, 0.25) is 5.91 Å². The Hall–Kier alpha value is -1.65. The number of rotatable bonds is 20. The minimum absolute atomic E-state index is 0.0735. The molecule has 4 nitrogen and oxygen atoms in total. The van der Waals surface area contributed by atoms with Gasteiger partial charge in [0.05, 0.1) is 12.1 Å². The van der Waals surface area contributed by atoms with Gasteiger partial charge in [-0.1, -0.05) is 126 Å². The minimum atomic E-state index is -0.689. The van der Waals surface area contributed by atoms with Crippen LogP contribution >= 0.6 is 0 Å². The standard InChI is InChI=1S/C31H52N2O2/c1-2-3-4-5-6-7-8-9-10-11-12-13-17-22-31(35)32-29(27-33-25-18-19-26-33)30(34)24-23-28-20-15-14-16-21-28/h14-16,20-21,23-24,29-30,34H,2-13,17-19,22,25-27H2,1H3,(H,32,35)/b24-23+/t29?,30-/m1/s1. The number of carbonyl (C=O) groups excluding carboxylic acids is 1. The van der Waals surface area contributed by atoms with Crippen LogP contribution in [-0.2, 0) is 4.79 Å². The van der Waals surface area contributed by atoms with E-state index in [2.05, 4.69) is 17.1 Å². The van der Waals surface area contributed by atoms with E-state index >= 15 is 0 Å². The number of unbranched alkanes of at least 4 members (excludes halogenated alkanes) is 12. The van der Waals surface area contributed by atoms with Gasteiger partial charge in [-0.05, 0) is 37.9 Å². The van der Waals surface area contributed by atoms with Crippen LogP contribution in [0.25, 0.3) is 6.08 Å². The van der Waals surface area contributed by atoms with Crippen LogP contribution < -0.4 is 5.32 Å². The van der Waals surface area contributed by atoms with Crippen LogP contribution in [0.4, 0.5) is 0 Å². The fraction of sp³-hybridized carbons (Fsp3) is 0.710. The third kappa shape index (κ3) is 14.5. The molecule has 1 aromatic rings. The Labute approximate surface area is 215 Å². The van der Waals surface area contributed by atoms with Crippen molar-refractivity contribution in [2.45, 2.75) is 122 Å². The highest BCUT2D eigenvalue weighted by Gasteiger charge is 2.23. The summed E-state index contributed by atoms with van der Waals surface area (Å²) in [4.78, 5) is 15.0. The average Bonchev–Trinajstić information content (AvgIpc) is 3.39. The molecule has 2 atom stereocenters. The maximum absolute atomic E-state index is 12.6. The quantitative estimate of drug-likeness (QED) is 0.194. The Morgan fingerprint density at radius 2 is 1.43 bits per heavy atom. The summed E-state index contributed by atoms with van der Waals surface area (Å²) >= 11 is 0. The number of amides is 1. The molecule has 1 amide bonds. The molecule has 0 aliphatic carbocycles. The van der Waals surface area contributed by atoms with Crippen molar-refractivity contribution in [3.8, 4) is 0 Å². The summed E-state index contributed by atoms with van der Waals surface area (Å²) in [7, 11) is 0. The van der Waals surface area contributed by atoms with E-state index in [-0.39, 0.29) is 11.9 Å². The zero-order valence-electron chi connectivity index (χ0n) is 22.4. The van der Waals surface area contributed by atoms with E-state index in [4.69, 9.17) is 0 Å². The molecule has 0 saturated carbocycles. The summed E-state index contributed by atoms with van der Waals surface area (Å²) in [5.41, 5.74) is 1.06. The molecule has 2 rings (SSSR count). The summed E-state index contributed by atoms with van der Waals surface area (Å²) in [5, 5.41) is 14.0. The first-order chi connectivity index (χ1) is 17.2. The predicted octanol–water partition coefficient (Wildman–Crippen LogP) is 7.12. The van der Waals surface area contributed by atoms with Crippen molar-refractivity contribution in [1.82, 2.24) is 10.2 Å². The van der Waals surface area contributed by atoms with Crippen molar-refractivity contribution in [2.75, 3.05) is 19.6 Å². The molecule has 1 fully saturated rings. The van der Waals surface area contributed by atoms with E-state index in [1.54, 1.807) is 0 Å².